The number of nitrogens with zero attached hydrogens (tertiary/aromatic N) is 1. The van der Waals surface area contributed by atoms with Crippen molar-refractivity contribution in [3.8, 4) is 0 Å². The van der Waals surface area contributed by atoms with E-state index in [4.69, 9.17) is 0 Å². The first-order chi connectivity index (χ1) is 8.75. The lowest BCUT2D eigenvalue weighted by molar-refractivity contribution is -0.384. The molecule has 6 nitrogen and oxygen atoms in total. The Balaban J connectivity index is 2.78. The van der Waals surface area contributed by atoms with E-state index in [2.05, 4.69) is 26.2 Å². The summed E-state index contributed by atoms with van der Waals surface area (Å²) in [6.45, 7) is 6.12. The van der Waals surface area contributed by atoms with Gasteiger partial charge in [0.15, 0.2) is 0 Å². The predicted molar refractivity (Wildman–Crippen MR) is 76.6 cm³/mol. The molecule has 7 heteroatoms. The van der Waals surface area contributed by atoms with Crippen molar-refractivity contribution >= 4 is 27.5 Å². The van der Waals surface area contributed by atoms with Gasteiger partial charge in [-0.3, -0.25) is 14.9 Å². The van der Waals surface area contributed by atoms with E-state index >= 15 is 0 Å². The fourth-order valence-corrected chi connectivity index (χ4v) is 2.14. The van der Waals surface area contributed by atoms with Gasteiger partial charge in [-0.2, -0.15) is 0 Å². The van der Waals surface area contributed by atoms with Crippen LogP contribution in [0.4, 0.5) is 5.69 Å². The topological polar surface area (TPSA) is 88.0 Å². The number of hydrogen-bond donors (Lipinski definition) is 2. The first kappa shape index (κ1) is 15.7. The normalized spacial score (nSPS) is 13.1. The molecule has 1 rings (SSSR count). The Kier molecular flexibility index (Phi) is 5.11. The lowest BCUT2D eigenvalue weighted by atomic mass is 9.85. The number of amides is 1. The Morgan fingerprint density at radius 3 is 2.63 bits per heavy atom. The van der Waals surface area contributed by atoms with Crippen molar-refractivity contribution in [1.82, 2.24) is 10.3 Å². The standard InChI is InChI=1S/C12H18BrN3O3/c1-12(2,3)10(4-5-13)15-11(17)9-6-8(7-14-9)16(18)19/h6-7,10,14H,4-5H2,1-3H3,(H,15,17). The van der Waals surface area contributed by atoms with Crippen LogP contribution in [-0.2, 0) is 0 Å². The van der Waals surface area contributed by atoms with Crippen LogP contribution >= 0.6 is 15.9 Å². The molecule has 0 saturated carbocycles. The highest BCUT2D eigenvalue weighted by molar-refractivity contribution is 9.09. The smallest absolute Gasteiger partial charge is 0.287 e. The summed E-state index contributed by atoms with van der Waals surface area (Å²) in [6.07, 6.45) is 2.00. The summed E-state index contributed by atoms with van der Waals surface area (Å²) in [5.41, 5.74) is 0.00979. The average Bonchev–Trinajstić information content (AvgIpc) is 2.76. The number of aromatic amines is 1. The number of aromatic nitrogens is 1. The zero-order valence-corrected chi connectivity index (χ0v) is 12.8. The molecule has 1 amide bonds. The van der Waals surface area contributed by atoms with Crippen molar-refractivity contribution in [2.75, 3.05) is 5.33 Å². The molecular formula is C12H18BrN3O3. The number of H-pyrrole nitrogens is 1. The molecule has 0 aromatic carbocycles. The summed E-state index contributed by atoms with van der Waals surface area (Å²) in [6, 6.07) is 1.23. The van der Waals surface area contributed by atoms with Gasteiger partial charge in [0, 0.05) is 17.4 Å². The van der Waals surface area contributed by atoms with Gasteiger partial charge in [0.1, 0.15) is 5.69 Å². The summed E-state index contributed by atoms with van der Waals surface area (Å²) < 4.78 is 0. The van der Waals surface area contributed by atoms with Crippen molar-refractivity contribution in [1.29, 1.82) is 0 Å². The third kappa shape index (κ3) is 4.34. The molecule has 106 valence electrons. The van der Waals surface area contributed by atoms with E-state index in [1.165, 1.54) is 12.3 Å². The molecule has 1 aromatic rings. The number of halogens is 1. The monoisotopic (exact) mass is 331 g/mol. The third-order valence-electron chi connectivity index (χ3n) is 2.87. The molecule has 1 atom stereocenters. The lowest BCUT2D eigenvalue weighted by Gasteiger charge is -2.31. The Hall–Kier alpha value is -1.37. The molecular weight excluding hydrogens is 314 g/mol. The highest BCUT2D eigenvalue weighted by Gasteiger charge is 2.26. The molecule has 1 aromatic heterocycles. The van der Waals surface area contributed by atoms with E-state index < -0.39 is 4.92 Å². The van der Waals surface area contributed by atoms with Crippen LogP contribution in [0.25, 0.3) is 0 Å². The highest BCUT2D eigenvalue weighted by Crippen LogP contribution is 2.23. The van der Waals surface area contributed by atoms with Gasteiger partial charge < -0.3 is 10.3 Å². The van der Waals surface area contributed by atoms with Crippen LogP contribution in [0.5, 0.6) is 0 Å². The lowest BCUT2D eigenvalue weighted by Crippen LogP contribution is -2.44. The van der Waals surface area contributed by atoms with E-state index in [0.717, 1.165) is 11.8 Å². The minimum Gasteiger partial charge on any atom is -0.351 e. The van der Waals surface area contributed by atoms with Gasteiger partial charge in [0.05, 0.1) is 11.1 Å². The van der Waals surface area contributed by atoms with E-state index in [1.807, 2.05) is 20.8 Å². The maximum absolute atomic E-state index is 12.0. The SMILES string of the molecule is CC(C)(C)C(CCBr)NC(=O)c1cc([N+](=O)[O-])c[nH]1. The van der Waals surface area contributed by atoms with Gasteiger partial charge in [-0.1, -0.05) is 36.7 Å². The zero-order valence-electron chi connectivity index (χ0n) is 11.2. The maximum Gasteiger partial charge on any atom is 0.287 e. The van der Waals surface area contributed by atoms with Crippen LogP contribution in [0.15, 0.2) is 12.3 Å². The van der Waals surface area contributed by atoms with E-state index in [0.29, 0.717) is 0 Å². The minimum absolute atomic E-state index is 0.0123. The molecule has 0 saturated heterocycles. The van der Waals surface area contributed by atoms with E-state index in [1.54, 1.807) is 0 Å². The quantitative estimate of drug-likeness (QED) is 0.494. The second kappa shape index (κ2) is 6.18. The molecule has 2 N–H and O–H groups in total. The van der Waals surface area contributed by atoms with Gasteiger partial charge in [-0.05, 0) is 11.8 Å². The fourth-order valence-electron chi connectivity index (χ4n) is 1.69. The van der Waals surface area contributed by atoms with Crippen LogP contribution < -0.4 is 5.32 Å². The van der Waals surface area contributed by atoms with Crippen LogP contribution in [0, 0.1) is 15.5 Å². The van der Waals surface area contributed by atoms with E-state index in [-0.39, 0.29) is 28.7 Å². The van der Waals surface area contributed by atoms with Crippen LogP contribution in [-0.4, -0.2) is 27.2 Å². The Morgan fingerprint density at radius 1 is 1.58 bits per heavy atom. The summed E-state index contributed by atoms with van der Waals surface area (Å²) in [5.74, 6) is -0.325. The number of carbonyl (C=O) groups excluding carboxylic acids is 1. The van der Waals surface area contributed by atoms with Crippen LogP contribution in [0.3, 0.4) is 0 Å². The van der Waals surface area contributed by atoms with Crippen molar-refractivity contribution in [3.05, 3.63) is 28.1 Å². The Labute approximate surface area is 120 Å². The van der Waals surface area contributed by atoms with Crippen LogP contribution in [0.1, 0.15) is 37.7 Å². The van der Waals surface area contributed by atoms with Crippen molar-refractivity contribution < 1.29 is 9.72 Å². The number of nitro groups is 1. The second-order valence-electron chi connectivity index (χ2n) is 5.40. The van der Waals surface area contributed by atoms with Crippen molar-refractivity contribution in [3.63, 3.8) is 0 Å². The molecule has 19 heavy (non-hydrogen) atoms. The Bertz CT molecular complexity index is 465. The minimum atomic E-state index is -0.535. The average molecular weight is 332 g/mol. The molecule has 0 aliphatic rings. The van der Waals surface area contributed by atoms with Crippen LogP contribution in [0.2, 0.25) is 0 Å². The van der Waals surface area contributed by atoms with Gasteiger partial charge in [-0.25, -0.2) is 0 Å². The molecule has 1 unspecified atom stereocenters. The number of hydrogen-bond acceptors (Lipinski definition) is 3. The number of alkyl halides is 1. The zero-order chi connectivity index (χ0) is 14.6. The molecule has 0 aliphatic carbocycles. The first-order valence-corrected chi connectivity index (χ1v) is 7.07. The van der Waals surface area contributed by atoms with Gasteiger partial charge >= 0.3 is 0 Å². The van der Waals surface area contributed by atoms with E-state index in [9.17, 15) is 14.9 Å². The van der Waals surface area contributed by atoms with Crippen molar-refractivity contribution in [2.45, 2.75) is 33.2 Å². The summed E-state index contributed by atoms with van der Waals surface area (Å²) >= 11 is 3.36. The molecule has 0 fully saturated rings. The van der Waals surface area contributed by atoms with Gasteiger partial charge in [0.25, 0.3) is 11.6 Å². The first-order valence-electron chi connectivity index (χ1n) is 5.95. The highest BCUT2D eigenvalue weighted by atomic mass is 79.9. The molecule has 0 spiro atoms. The number of rotatable bonds is 5. The Morgan fingerprint density at radius 2 is 2.21 bits per heavy atom. The third-order valence-corrected chi connectivity index (χ3v) is 3.33. The van der Waals surface area contributed by atoms with Gasteiger partial charge in [-0.15, -0.1) is 0 Å². The molecule has 0 aliphatic heterocycles. The largest absolute Gasteiger partial charge is 0.351 e. The summed E-state index contributed by atoms with van der Waals surface area (Å²) in [5, 5.41) is 14.2. The maximum atomic E-state index is 12.0. The van der Waals surface area contributed by atoms with Crippen molar-refractivity contribution in [2.24, 2.45) is 5.41 Å². The summed E-state index contributed by atoms with van der Waals surface area (Å²) in [7, 11) is 0. The number of nitrogens with one attached hydrogen (secondary N) is 2. The molecule has 0 radical (unpaired) electrons. The number of carbonyl (C=O) groups is 1. The predicted octanol–water partition coefficient (Wildman–Crippen LogP) is 2.85. The van der Waals surface area contributed by atoms with Gasteiger partial charge in [0.2, 0.25) is 0 Å². The fraction of sp³-hybridized carbons (Fsp3) is 0.583. The second-order valence-corrected chi connectivity index (χ2v) is 6.19. The molecule has 1 heterocycles. The summed E-state index contributed by atoms with van der Waals surface area (Å²) in [4.78, 5) is 24.7. The molecule has 0 bridgehead atoms.